The molecule has 1 aromatic carbocycles. The Morgan fingerprint density at radius 3 is 2.73 bits per heavy atom. The van der Waals surface area contributed by atoms with Crippen molar-refractivity contribution in [3.8, 4) is 5.75 Å². The lowest BCUT2D eigenvalue weighted by Crippen LogP contribution is -2.26. The Balaban J connectivity index is 2.71. The molecule has 82 valence electrons. The second kappa shape index (κ2) is 6.18. The quantitative estimate of drug-likeness (QED) is 0.658. The van der Waals surface area contributed by atoms with Crippen molar-refractivity contribution in [2.24, 2.45) is 0 Å². The van der Waals surface area contributed by atoms with Gasteiger partial charge in [0.15, 0.2) is 0 Å². The van der Waals surface area contributed by atoms with Gasteiger partial charge in [-0.1, -0.05) is 42.2 Å². The van der Waals surface area contributed by atoms with E-state index < -0.39 is 6.92 Å². The fourth-order valence-corrected chi connectivity index (χ4v) is 1.73. The Morgan fingerprint density at radius 2 is 2.13 bits per heavy atom. The van der Waals surface area contributed by atoms with Crippen LogP contribution in [0.25, 0.3) is 0 Å². The minimum atomic E-state index is -0.462. The Labute approximate surface area is 99.9 Å². The van der Waals surface area contributed by atoms with Crippen LogP contribution in [0.3, 0.4) is 0 Å². The van der Waals surface area contributed by atoms with Crippen LogP contribution in [0.5, 0.6) is 5.75 Å². The molecular weight excluding hydrogens is 255 g/mol. The third kappa shape index (κ3) is 4.26. The number of rotatable bonds is 5. The van der Waals surface area contributed by atoms with E-state index in [9.17, 15) is 5.02 Å². The minimum absolute atomic E-state index is 0.462. The molecule has 0 aliphatic heterocycles. The molecule has 0 radical (unpaired) electrons. The summed E-state index contributed by atoms with van der Waals surface area (Å²) in [6, 6.07) is 5.70. The van der Waals surface area contributed by atoms with Gasteiger partial charge in [-0.3, -0.25) is 0 Å². The van der Waals surface area contributed by atoms with E-state index in [1.807, 2.05) is 18.2 Å². The van der Waals surface area contributed by atoms with Gasteiger partial charge in [0, 0.05) is 4.47 Å². The number of hydrogen-bond donors (Lipinski definition) is 1. The molecule has 0 bridgehead atoms. The number of hydrogen-bond acceptors (Lipinski definition) is 2. The highest BCUT2D eigenvalue weighted by atomic mass is 79.9. The first-order valence-electron chi connectivity index (χ1n) is 5.25. The summed E-state index contributed by atoms with van der Waals surface area (Å²) >= 11 is 3.40. The number of ether oxygens (including phenoxy) is 1. The SMILES string of the molecule is CCCCOc1cc(Br)cc(B(C)O)c1. The summed E-state index contributed by atoms with van der Waals surface area (Å²) in [7, 11) is 0. The molecule has 0 spiro atoms. The Bertz CT molecular complexity index is 315. The van der Waals surface area contributed by atoms with Crippen LogP contribution in [0, 0.1) is 0 Å². The number of benzene rings is 1. The molecule has 0 fully saturated rings. The summed E-state index contributed by atoms with van der Waals surface area (Å²) in [5.74, 6) is 0.814. The Hall–Kier alpha value is -0.475. The standard InChI is InChI=1S/C11H16BBrO2/c1-3-4-5-15-11-7-9(12(2)14)6-10(13)8-11/h6-8,14H,3-5H2,1-2H3. The second-order valence-electron chi connectivity index (χ2n) is 3.60. The van der Waals surface area contributed by atoms with Crippen molar-refractivity contribution < 1.29 is 9.76 Å². The zero-order valence-corrected chi connectivity index (χ0v) is 10.8. The highest BCUT2D eigenvalue weighted by Gasteiger charge is 2.09. The van der Waals surface area contributed by atoms with Gasteiger partial charge < -0.3 is 9.76 Å². The van der Waals surface area contributed by atoms with Gasteiger partial charge in [-0.25, -0.2) is 0 Å². The average Bonchev–Trinajstić information content (AvgIpc) is 2.17. The lowest BCUT2D eigenvalue weighted by atomic mass is 9.64. The van der Waals surface area contributed by atoms with Crippen LogP contribution in [0.2, 0.25) is 6.82 Å². The van der Waals surface area contributed by atoms with E-state index in [1.165, 1.54) is 0 Å². The third-order valence-corrected chi connectivity index (χ3v) is 2.60. The normalized spacial score (nSPS) is 10.1. The minimum Gasteiger partial charge on any atom is -0.494 e. The Morgan fingerprint density at radius 1 is 1.40 bits per heavy atom. The molecule has 0 aliphatic rings. The highest BCUT2D eigenvalue weighted by Crippen LogP contribution is 2.17. The fraction of sp³-hybridized carbons (Fsp3) is 0.455. The molecule has 2 nitrogen and oxygen atoms in total. The van der Waals surface area contributed by atoms with Crippen molar-refractivity contribution in [3.63, 3.8) is 0 Å². The monoisotopic (exact) mass is 270 g/mol. The summed E-state index contributed by atoms with van der Waals surface area (Å²) in [6.45, 7) is 4.14. The van der Waals surface area contributed by atoms with Crippen LogP contribution >= 0.6 is 15.9 Å². The maximum atomic E-state index is 9.47. The van der Waals surface area contributed by atoms with E-state index >= 15 is 0 Å². The fourth-order valence-electron chi connectivity index (χ4n) is 1.24. The van der Waals surface area contributed by atoms with Crippen molar-refractivity contribution in [2.45, 2.75) is 26.6 Å². The van der Waals surface area contributed by atoms with Crippen LogP contribution in [0.15, 0.2) is 22.7 Å². The van der Waals surface area contributed by atoms with Crippen molar-refractivity contribution >= 4 is 28.3 Å². The van der Waals surface area contributed by atoms with Crippen LogP contribution in [0.4, 0.5) is 0 Å². The first-order valence-corrected chi connectivity index (χ1v) is 6.04. The molecule has 0 saturated carbocycles. The van der Waals surface area contributed by atoms with Gasteiger partial charge >= 0.3 is 6.92 Å². The van der Waals surface area contributed by atoms with E-state index in [1.54, 1.807) is 6.82 Å². The van der Waals surface area contributed by atoms with E-state index in [2.05, 4.69) is 22.9 Å². The predicted molar refractivity (Wildman–Crippen MR) is 68.0 cm³/mol. The summed E-state index contributed by atoms with van der Waals surface area (Å²) in [4.78, 5) is 0. The van der Waals surface area contributed by atoms with Gasteiger partial charge in [-0.15, -0.1) is 0 Å². The van der Waals surface area contributed by atoms with E-state index in [0.29, 0.717) is 0 Å². The van der Waals surface area contributed by atoms with Crippen molar-refractivity contribution in [1.82, 2.24) is 0 Å². The molecule has 4 heteroatoms. The zero-order chi connectivity index (χ0) is 11.3. The first kappa shape index (κ1) is 12.6. The molecule has 0 heterocycles. The second-order valence-corrected chi connectivity index (χ2v) is 4.51. The molecule has 1 aromatic rings. The smallest absolute Gasteiger partial charge is 0.320 e. The Kier molecular flexibility index (Phi) is 5.19. The molecule has 15 heavy (non-hydrogen) atoms. The molecule has 0 saturated heterocycles. The topological polar surface area (TPSA) is 29.5 Å². The van der Waals surface area contributed by atoms with Gasteiger partial charge in [0.1, 0.15) is 5.75 Å². The average molecular weight is 271 g/mol. The lowest BCUT2D eigenvalue weighted by molar-refractivity contribution is 0.309. The van der Waals surface area contributed by atoms with Gasteiger partial charge in [0.05, 0.1) is 6.61 Å². The molecule has 0 amide bonds. The maximum Gasteiger partial charge on any atom is 0.320 e. The van der Waals surface area contributed by atoms with Gasteiger partial charge in [-0.05, 0) is 24.0 Å². The predicted octanol–water partition coefficient (Wildman–Crippen LogP) is 2.45. The number of halogens is 1. The summed E-state index contributed by atoms with van der Waals surface area (Å²) in [5, 5.41) is 9.47. The first-order chi connectivity index (χ1) is 7.13. The summed E-state index contributed by atoms with van der Waals surface area (Å²) in [6.07, 6.45) is 2.17. The van der Waals surface area contributed by atoms with Crippen LogP contribution in [-0.2, 0) is 0 Å². The molecule has 1 N–H and O–H groups in total. The third-order valence-electron chi connectivity index (χ3n) is 2.14. The molecule has 1 rings (SSSR count). The summed E-state index contributed by atoms with van der Waals surface area (Å²) < 4.78 is 6.51. The van der Waals surface area contributed by atoms with Crippen LogP contribution in [0.1, 0.15) is 19.8 Å². The molecular formula is C11H16BBrO2. The van der Waals surface area contributed by atoms with Crippen LogP contribution < -0.4 is 10.2 Å². The van der Waals surface area contributed by atoms with Crippen molar-refractivity contribution in [2.75, 3.05) is 6.61 Å². The van der Waals surface area contributed by atoms with Crippen molar-refractivity contribution in [3.05, 3.63) is 22.7 Å². The molecule has 0 aliphatic carbocycles. The maximum absolute atomic E-state index is 9.47. The van der Waals surface area contributed by atoms with Gasteiger partial charge in [-0.2, -0.15) is 0 Å². The summed E-state index contributed by atoms with van der Waals surface area (Å²) in [5.41, 5.74) is 0.871. The highest BCUT2D eigenvalue weighted by molar-refractivity contribution is 9.10. The lowest BCUT2D eigenvalue weighted by Gasteiger charge is -2.09. The van der Waals surface area contributed by atoms with Gasteiger partial charge in [0.25, 0.3) is 0 Å². The molecule has 0 aromatic heterocycles. The van der Waals surface area contributed by atoms with Crippen molar-refractivity contribution in [1.29, 1.82) is 0 Å². The largest absolute Gasteiger partial charge is 0.494 e. The van der Waals surface area contributed by atoms with Crippen LogP contribution in [-0.4, -0.2) is 18.5 Å². The van der Waals surface area contributed by atoms with E-state index in [0.717, 1.165) is 35.1 Å². The van der Waals surface area contributed by atoms with Gasteiger partial charge in [0.2, 0.25) is 0 Å². The zero-order valence-electron chi connectivity index (χ0n) is 9.16. The number of unbranched alkanes of at least 4 members (excludes halogenated alkanes) is 1. The molecule has 0 atom stereocenters. The van der Waals surface area contributed by atoms with E-state index in [4.69, 9.17) is 4.74 Å². The van der Waals surface area contributed by atoms with E-state index in [-0.39, 0.29) is 0 Å². The molecule has 0 unspecified atom stereocenters.